The van der Waals surface area contributed by atoms with E-state index in [0.717, 1.165) is 0 Å². The van der Waals surface area contributed by atoms with Crippen molar-refractivity contribution in [1.82, 2.24) is 0 Å². The van der Waals surface area contributed by atoms with Crippen LogP contribution in [0.4, 0.5) is 0 Å². The highest BCUT2D eigenvalue weighted by Gasteiger charge is 2.25. The van der Waals surface area contributed by atoms with Crippen molar-refractivity contribution in [2.75, 3.05) is 19.8 Å². The molecule has 3 unspecified atom stereocenters. The predicted molar refractivity (Wildman–Crippen MR) is 38.2 cm³/mol. The molecule has 4 heteroatoms. The molecule has 0 aromatic rings. The lowest BCUT2D eigenvalue weighted by Crippen LogP contribution is -2.43. The highest BCUT2D eigenvalue weighted by Crippen LogP contribution is 2.10. The van der Waals surface area contributed by atoms with Crippen LogP contribution in [0.15, 0.2) is 0 Å². The molecular formula is C7H14O4. The lowest BCUT2D eigenvalue weighted by molar-refractivity contribution is -0.172. The molecule has 0 radical (unpaired) electrons. The quantitative estimate of drug-likeness (QED) is 0.555. The van der Waals surface area contributed by atoms with Gasteiger partial charge in [0, 0.05) is 0 Å². The Morgan fingerprint density at radius 3 is 2.82 bits per heavy atom. The molecule has 0 spiro atoms. The summed E-state index contributed by atoms with van der Waals surface area (Å²) in [6.07, 6.45) is -1.18. The standard InChI is InChI=1S/C7H14O4/c1-5-3-10-4-7(11-5)6(9)2-8/h5-9H,2-4H2,1H3. The first-order valence-electron chi connectivity index (χ1n) is 3.76. The van der Waals surface area contributed by atoms with Gasteiger partial charge in [0.2, 0.25) is 0 Å². The Hall–Kier alpha value is -0.160. The van der Waals surface area contributed by atoms with Gasteiger partial charge in [-0.05, 0) is 6.92 Å². The lowest BCUT2D eigenvalue weighted by Gasteiger charge is -2.30. The molecule has 3 atom stereocenters. The second-order valence-corrected chi connectivity index (χ2v) is 2.77. The van der Waals surface area contributed by atoms with Crippen LogP contribution in [-0.4, -0.2) is 48.3 Å². The van der Waals surface area contributed by atoms with Crippen LogP contribution in [0.5, 0.6) is 0 Å². The van der Waals surface area contributed by atoms with Crippen LogP contribution in [-0.2, 0) is 9.47 Å². The van der Waals surface area contributed by atoms with Gasteiger partial charge in [-0.1, -0.05) is 0 Å². The number of hydrogen-bond acceptors (Lipinski definition) is 4. The first kappa shape index (κ1) is 8.93. The summed E-state index contributed by atoms with van der Waals surface area (Å²) in [5.41, 5.74) is 0. The van der Waals surface area contributed by atoms with Crippen LogP contribution in [0, 0.1) is 0 Å². The van der Waals surface area contributed by atoms with Crippen molar-refractivity contribution in [2.45, 2.75) is 25.2 Å². The highest BCUT2D eigenvalue weighted by molar-refractivity contribution is 4.72. The van der Waals surface area contributed by atoms with Gasteiger partial charge in [0.1, 0.15) is 12.2 Å². The zero-order chi connectivity index (χ0) is 8.27. The van der Waals surface area contributed by atoms with E-state index in [9.17, 15) is 0 Å². The molecular weight excluding hydrogens is 148 g/mol. The van der Waals surface area contributed by atoms with E-state index in [1.54, 1.807) is 0 Å². The number of aliphatic hydroxyl groups is 2. The Morgan fingerprint density at radius 2 is 2.27 bits per heavy atom. The smallest absolute Gasteiger partial charge is 0.109 e. The largest absolute Gasteiger partial charge is 0.394 e. The fraction of sp³-hybridized carbons (Fsp3) is 1.00. The molecule has 0 aromatic carbocycles. The van der Waals surface area contributed by atoms with Gasteiger partial charge < -0.3 is 19.7 Å². The molecule has 0 aliphatic carbocycles. The second kappa shape index (κ2) is 4.01. The summed E-state index contributed by atoms with van der Waals surface area (Å²) in [6.45, 7) is 2.53. The molecule has 66 valence electrons. The fourth-order valence-corrected chi connectivity index (χ4v) is 1.05. The van der Waals surface area contributed by atoms with Crippen molar-refractivity contribution >= 4 is 0 Å². The molecule has 0 amide bonds. The molecule has 1 rings (SSSR count). The zero-order valence-electron chi connectivity index (χ0n) is 6.56. The van der Waals surface area contributed by atoms with Gasteiger partial charge in [-0.25, -0.2) is 0 Å². The molecule has 1 aliphatic heterocycles. The Morgan fingerprint density at radius 1 is 1.55 bits per heavy atom. The van der Waals surface area contributed by atoms with E-state index < -0.39 is 6.10 Å². The van der Waals surface area contributed by atoms with Crippen LogP contribution in [0.25, 0.3) is 0 Å². The van der Waals surface area contributed by atoms with Gasteiger partial charge in [-0.2, -0.15) is 0 Å². The maximum Gasteiger partial charge on any atom is 0.109 e. The van der Waals surface area contributed by atoms with Gasteiger partial charge in [0.25, 0.3) is 0 Å². The third kappa shape index (κ3) is 2.41. The summed E-state index contributed by atoms with van der Waals surface area (Å²) < 4.78 is 10.4. The molecule has 11 heavy (non-hydrogen) atoms. The van der Waals surface area contributed by atoms with Crippen molar-refractivity contribution < 1.29 is 19.7 Å². The van der Waals surface area contributed by atoms with E-state index in [0.29, 0.717) is 13.2 Å². The van der Waals surface area contributed by atoms with E-state index in [1.807, 2.05) is 6.92 Å². The summed E-state index contributed by atoms with van der Waals surface area (Å²) in [7, 11) is 0. The third-order valence-electron chi connectivity index (χ3n) is 1.66. The minimum atomic E-state index is -0.822. The average molecular weight is 162 g/mol. The lowest BCUT2D eigenvalue weighted by atomic mass is 10.2. The van der Waals surface area contributed by atoms with Crippen LogP contribution in [0.3, 0.4) is 0 Å². The first-order valence-corrected chi connectivity index (χ1v) is 3.76. The van der Waals surface area contributed by atoms with Gasteiger partial charge in [0.05, 0.1) is 25.9 Å². The summed E-state index contributed by atoms with van der Waals surface area (Å²) >= 11 is 0. The maximum absolute atomic E-state index is 9.15. The van der Waals surface area contributed by atoms with Crippen molar-refractivity contribution in [2.24, 2.45) is 0 Å². The minimum Gasteiger partial charge on any atom is -0.394 e. The number of aliphatic hydroxyl groups excluding tert-OH is 2. The third-order valence-corrected chi connectivity index (χ3v) is 1.66. The van der Waals surface area contributed by atoms with Crippen molar-refractivity contribution in [3.05, 3.63) is 0 Å². The van der Waals surface area contributed by atoms with E-state index in [-0.39, 0.29) is 18.8 Å². The highest BCUT2D eigenvalue weighted by atomic mass is 16.6. The molecule has 2 N–H and O–H groups in total. The summed E-state index contributed by atoms with van der Waals surface area (Å²) in [5, 5.41) is 17.7. The average Bonchev–Trinajstić information content (AvgIpc) is 2.03. The minimum absolute atomic E-state index is 0.00921. The van der Waals surface area contributed by atoms with Crippen LogP contribution >= 0.6 is 0 Å². The van der Waals surface area contributed by atoms with Crippen molar-refractivity contribution in [3.8, 4) is 0 Å². The number of hydrogen-bond donors (Lipinski definition) is 2. The second-order valence-electron chi connectivity index (χ2n) is 2.77. The SMILES string of the molecule is CC1COCC(C(O)CO)O1. The van der Waals surface area contributed by atoms with E-state index in [1.165, 1.54) is 0 Å². The summed E-state index contributed by atoms with van der Waals surface area (Å²) in [4.78, 5) is 0. The summed E-state index contributed by atoms with van der Waals surface area (Å²) in [6, 6.07) is 0. The Labute approximate surface area is 65.7 Å². The monoisotopic (exact) mass is 162 g/mol. The fourth-order valence-electron chi connectivity index (χ4n) is 1.05. The topological polar surface area (TPSA) is 58.9 Å². The van der Waals surface area contributed by atoms with E-state index in [4.69, 9.17) is 19.7 Å². The molecule has 1 aliphatic rings. The normalized spacial score (nSPS) is 35.2. The van der Waals surface area contributed by atoms with Crippen LogP contribution in [0.1, 0.15) is 6.92 Å². The van der Waals surface area contributed by atoms with Gasteiger partial charge >= 0.3 is 0 Å². The molecule has 4 nitrogen and oxygen atoms in total. The molecule has 0 saturated carbocycles. The first-order chi connectivity index (χ1) is 5.24. The molecule has 0 aromatic heterocycles. The van der Waals surface area contributed by atoms with Crippen LogP contribution in [0.2, 0.25) is 0 Å². The Kier molecular flexibility index (Phi) is 3.26. The van der Waals surface area contributed by atoms with Gasteiger partial charge in [-0.3, -0.25) is 0 Å². The zero-order valence-corrected chi connectivity index (χ0v) is 6.56. The van der Waals surface area contributed by atoms with Crippen molar-refractivity contribution in [3.63, 3.8) is 0 Å². The molecule has 0 bridgehead atoms. The molecule has 1 heterocycles. The van der Waals surface area contributed by atoms with Crippen molar-refractivity contribution in [1.29, 1.82) is 0 Å². The van der Waals surface area contributed by atoms with Crippen LogP contribution < -0.4 is 0 Å². The molecule has 1 saturated heterocycles. The Bertz CT molecular complexity index is 117. The summed E-state index contributed by atoms with van der Waals surface area (Å²) in [5.74, 6) is 0. The van der Waals surface area contributed by atoms with E-state index in [2.05, 4.69) is 0 Å². The molecule has 1 fully saturated rings. The maximum atomic E-state index is 9.15. The number of rotatable bonds is 2. The van der Waals surface area contributed by atoms with Gasteiger partial charge in [-0.15, -0.1) is 0 Å². The van der Waals surface area contributed by atoms with E-state index >= 15 is 0 Å². The van der Waals surface area contributed by atoms with Gasteiger partial charge in [0.15, 0.2) is 0 Å². The Balaban J connectivity index is 2.33. The number of ether oxygens (including phenoxy) is 2. The predicted octanol–water partition coefficient (Wildman–Crippen LogP) is -0.857.